The second-order valence-electron chi connectivity index (χ2n) is 9.51. The molecule has 0 bridgehead atoms. The summed E-state index contributed by atoms with van der Waals surface area (Å²) in [5, 5.41) is 17.8. The Kier molecular flexibility index (Phi) is 9.21. The molecule has 39 heavy (non-hydrogen) atoms. The molecule has 0 aromatic heterocycles. The molecule has 4 rings (SSSR count). The molecule has 0 aliphatic carbocycles. The Labute approximate surface area is 229 Å². The van der Waals surface area contributed by atoms with Crippen LogP contribution >= 0.6 is 11.6 Å². The molecule has 1 fully saturated rings. The van der Waals surface area contributed by atoms with Crippen molar-refractivity contribution in [3.05, 3.63) is 110 Å². The first-order chi connectivity index (χ1) is 18.6. The molecule has 0 spiro atoms. The molecule has 206 valence electrons. The van der Waals surface area contributed by atoms with Gasteiger partial charge in [0.05, 0.1) is 16.5 Å². The summed E-state index contributed by atoms with van der Waals surface area (Å²) in [7, 11) is 0. The zero-order valence-electron chi connectivity index (χ0n) is 21.0. The fourth-order valence-electron chi connectivity index (χ4n) is 4.65. The number of nitro benzene ring substituents is 1. The lowest BCUT2D eigenvalue weighted by atomic mass is 10.1. The van der Waals surface area contributed by atoms with E-state index in [-0.39, 0.29) is 17.6 Å². The molecule has 3 aromatic carbocycles. The number of rotatable bonds is 10. The van der Waals surface area contributed by atoms with Crippen LogP contribution in [-0.4, -0.2) is 40.9 Å². The summed E-state index contributed by atoms with van der Waals surface area (Å²) in [6, 6.07) is 18.2. The first kappa shape index (κ1) is 28.5. The van der Waals surface area contributed by atoms with Crippen LogP contribution in [0.25, 0.3) is 0 Å². The molecule has 1 aliphatic rings. The third-order valence-corrected chi connectivity index (χ3v) is 7.14. The summed E-state index contributed by atoms with van der Waals surface area (Å²) in [6.45, 7) is 1.78. The quantitative estimate of drug-likeness (QED) is 0.257. The van der Waals surface area contributed by atoms with Crippen molar-refractivity contribution < 1.29 is 22.9 Å². The van der Waals surface area contributed by atoms with Gasteiger partial charge in [0.2, 0.25) is 5.91 Å². The standard InChI is InChI=1S/C28H28ClF3N4O3/c29-25-4-2-1-3-21(25)17-35-18-23(34-16-20-5-9-22(10-6-20)28(30,31)32)15-26(35)27(37)33-14-13-19-7-11-24(12-8-19)36(38)39/h1-12,23,26,34H,13-18H2,(H,33,37)/t23-,26-/m0/s1. The van der Waals surface area contributed by atoms with Gasteiger partial charge in [0.25, 0.3) is 5.69 Å². The average molecular weight is 561 g/mol. The SMILES string of the molecule is O=C(NCCc1ccc([N+](=O)[O-])cc1)[C@@H]1C[C@H](NCc2ccc(C(F)(F)F)cc2)CN1Cc1ccccc1Cl. The number of amides is 1. The summed E-state index contributed by atoms with van der Waals surface area (Å²) in [5.41, 5.74) is 1.81. The molecule has 1 heterocycles. The van der Waals surface area contributed by atoms with E-state index in [1.54, 1.807) is 18.2 Å². The van der Waals surface area contributed by atoms with Crippen LogP contribution in [0.2, 0.25) is 5.02 Å². The number of halogens is 4. The van der Waals surface area contributed by atoms with E-state index in [9.17, 15) is 28.1 Å². The highest BCUT2D eigenvalue weighted by Gasteiger charge is 2.36. The second kappa shape index (κ2) is 12.6. The second-order valence-corrected chi connectivity index (χ2v) is 9.92. The molecular weight excluding hydrogens is 533 g/mol. The molecule has 1 saturated heterocycles. The predicted octanol–water partition coefficient (Wildman–Crippen LogP) is 5.36. The van der Waals surface area contributed by atoms with Gasteiger partial charge in [-0.3, -0.25) is 19.8 Å². The van der Waals surface area contributed by atoms with Crippen LogP contribution in [0.5, 0.6) is 0 Å². The van der Waals surface area contributed by atoms with E-state index in [1.165, 1.54) is 24.3 Å². The number of nitrogens with one attached hydrogen (secondary N) is 2. The lowest BCUT2D eigenvalue weighted by Crippen LogP contribution is -2.43. The van der Waals surface area contributed by atoms with Crippen LogP contribution in [0, 0.1) is 10.1 Å². The van der Waals surface area contributed by atoms with Gasteiger partial charge in [0, 0.05) is 49.4 Å². The first-order valence-electron chi connectivity index (χ1n) is 12.5. The van der Waals surface area contributed by atoms with Crippen LogP contribution in [0.4, 0.5) is 18.9 Å². The van der Waals surface area contributed by atoms with Gasteiger partial charge in [-0.15, -0.1) is 0 Å². The Hall–Kier alpha value is -3.47. The average Bonchev–Trinajstić information content (AvgIpc) is 3.31. The van der Waals surface area contributed by atoms with E-state index in [2.05, 4.69) is 10.6 Å². The van der Waals surface area contributed by atoms with Crippen LogP contribution in [0.15, 0.2) is 72.8 Å². The lowest BCUT2D eigenvalue weighted by Gasteiger charge is -2.24. The number of nitrogens with zero attached hydrogens (tertiary/aromatic N) is 2. The van der Waals surface area contributed by atoms with Crippen molar-refractivity contribution >= 4 is 23.2 Å². The van der Waals surface area contributed by atoms with E-state index in [0.717, 1.165) is 28.8 Å². The number of hydrogen-bond acceptors (Lipinski definition) is 5. The number of hydrogen-bond donors (Lipinski definition) is 2. The number of non-ortho nitro benzene ring substituents is 1. The van der Waals surface area contributed by atoms with Gasteiger partial charge in [-0.05, 0) is 47.7 Å². The molecule has 7 nitrogen and oxygen atoms in total. The van der Waals surface area contributed by atoms with Crippen molar-refractivity contribution in [3.63, 3.8) is 0 Å². The summed E-state index contributed by atoms with van der Waals surface area (Å²) in [5.74, 6) is -0.136. The van der Waals surface area contributed by atoms with Crippen molar-refractivity contribution in [2.75, 3.05) is 13.1 Å². The lowest BCUT2D eigenvalue weighted by molar-refractivity contribution is -0.384. The normalized spacial score (nSPS) is 17.7. The van der Waals surface area contributed by atoms with Gasteiger partial charge in [-0.25, -0.2) is 0 Å². The van der Waals surface area contributed by atoms with Crippen molar-refractivity contribution in [1.82, 2.24) is 15.5 Å². The van der Waals surface area contributed by atoms with Gasteiger partial charge < -0.3 is 10.6 Å². The van der Waals surface area contributed by atoms with Crippen molar-refractivity contribution in [3.8, 4) is 0 Å². The Morgan fingerprint density at radius 2 is 1.69 bits per heavy atom. The minimum Gasteiger partial charge on any atom is -0.354 e. The number of nitro groups is 1. The molecule has 2 N–H and O–H groups in total. The Morgan fingerprint density at radius 3 is 2.33 bits per heavy atom. The maximum absolute atomic E-state index is 13.2. The summed E-state index contributed by atoms with van der Waals surface area (Å²) >= 11 is 6.37. The topological polar surface area (TPSA) is 87.5 Å². The molecular formula is C28H28ClF3N4O3. The largest absolute Gasteiger partial charge is 0.416 e. The molecule has 1 amide bonds. The Bertz CT molecular complexity index is 1290. The Balaban J connectivity index is 1.37. The highest BCUT2D eigenvalue weighted by molar-refractivity contribution is 6.31. The van der Waals surface area contributed by atoms with Crippen molar-refractivity contribution in [2.24, 2.45) is 0 Å². The number of carbonyl (C=O) groups is 1. The van der Waals surface area contributed by atoms with E-state index < -0.39 is 22.7 Å². The number of likely N-dealkylation sites (tertiary alicyclic amines) is 1. The van der Waals surface area contributed by atoms with Gasteiger partial charge in [0.1, 0.15) is 0 Å². The Morgan fingerprint density at radius 1 is 1.03 bits per heavy atom. The molecule has 0 unspecified atom stereocenters. The van der Waals surface area contributed by atoms with Crippen molar-refractivity contribution in [2.45, 2.75) is 44.2 Å². The fraction of sp³-hybridized carbons (Fsp3) is 0.321. The number of alkyl halides is 3. The smallest absolute Gasteiger partial charge is 0.354 e. The highest BCUT2D eigenvalue weighted by atomic mass is 35.5. The molecule has 0 saturated carbocycles. The third kappa shape index (κ3) is 7.78. The monoisotopic (exact) mass is 560 g/mol. The molecule has 3 aromatic rings. The number of carbonyl (C=O) groups excluding carboxylic acids is 1. The summed E-state index contributed by atoms with van der Waals surface area (Å²) in [4.78, 5) is 25.6. The zero-order chi connectivity index (χ0) is 28.0. The van der Waals surface area contributed by atoms with E-state index in [4.69, 9.17) is 11.6 Å². The van der Waals surface area contributed by atoms with E-state index in [1.807, 2.05) is 23.1 Å². The molecule has 0 radical (unpaired) electrons. The predicted molar refractivity (Wildman–Crippen MR) is 142 cm³/mol. The van der Waals surface area contributed by atoms with Gasteiger partial charge >= 0.3 is 6.18 Å². The summed E-state index contributed by atoms with van der Waals surface area (Å²) in [6.07, 6.45) is -3.33. The molecule has 1 aliphatic heterocycles. The third-order valence-electron chi connectivity index (χ3n) is 6.77. The van der Waals surface area contributed by atoms with E-state index >= 15 is 0 Å². The maximum Gasteiger partial charge on any atom is 0.416 e. The highest BCUT2D eigenvalue weighted by Crippen LogP contribution is 2.29. The minimum atomic E-state index is -4.38. The van der Waals surface area contributed by atoms with Crippen LogP contribution in [0.1, 0.15) is 28.7 Å². The summed E-state index contributed by atoms with van der Waals surface area (Å²) < 4.78 is 38.6. The minimum absolute atomic E-state index is 0.0128. The molecule has 2 atom stereocenters. The fourth-order valence-corrected chi connectivity index (χ4v) is 4.85. The molecule has 11 heteroatoms. The van der Waals surface area contributed by atoms with Crippen LogP contribution < -0.4 is 10.6 Å². The van der Waals surface area contributed by atoms with E-state index in [0.29, 0.717) is 44.0 Å². The first-order valence-corrected chi connectivity index (χ1v) is 12.9. The van der Waals surface area contributed by atoms with Gasteiger partial charge in [-0.1, -0.05) is 54.1 Å². The van der Waals surface area contributed by atoms with Crippen LogP contribution in [-0.2, 0) is 30.5 Å². The van der Waals surface area contributed by atoms with Crippen molar-refractivity contribution in [1.29, 1.82) is 0 Å². The van der Waals surface area contributed by atoms with Crippen LogP contribution in [0.3, 0.4) is 0 Å². The maximum atomic E-state index is 13.2. The zero-order valence-corrected chi connectivity index (χ0v) is 21.7. The van der Waals surface area contributed by atoms with Gasteiger partial charge in [0.15, 0.2) is 0 Å². The van der Waals surface area contributed by atoms with Gasteiger partial charge in [-0.2, -0.15) is 13.2 Å². The number of benzene rings is 3.